The van der Waals surface area contributed by atoms with Crippen LogP contribution in [0, 0.1) is 0 Å². The fourth-order valence-electron chi connectivity index (χ4n) is 7.24. The van der Waals surface area contributed by atoms with Crippen molar-refractivity contribution < 1.29 is 4.42 Å². The highest BCUT2D eigenvalue weighted by Gasteiger charge is 2.20. The lowest BCUT2D eigenvalue weighted by Crippen LogP contribution is -2.01. The summed E-state index contributed by atoms with van der Waals surface area (Å²) < 4.78 is 6.61. The number of furan rings is 1. The van der Waals surface area contributed by atoms with Crippen LogP contribution in [0.4, 0.5) is 0 Å². The van der Waals surface area contributed by atoms with Gasteiger partial charge in [0.05, 0.1) is 0 Å². The molecule has 51 heavy (non-hydrogen) atoms. The number of aromatic nitrogens is 3. The molecule has 0 unspecified atom stereocenters. The molecule has 4 heteroatoms. The summed E-state index contributed by atoms with van der Waals surface area (Å²) in [7, 11) is 0. The Morgan fingerprint density at radius 1 is 0.333 bits per heavy atom. The van der Waals surface area contributed by atoms with Crippen molar-refractivity contribution in [1.82, 2.24) is 15.0 Å². The first-order chi connectivity index (χ1) is 25.3. The minimum absolute atomic E-state index is 0.598. The van der Waals surface area contributed by atoms with Crippen LogP contribution in [0.1, 0.15) is 0 Å². The summed E-state index contributed by atoms with van der Waals surface area (Å²) in [5, 5.41) is 6.52. The first-order valence-electron chi connectivity index (χ1n) is 17.1. The molecule has 0 radical (unpaired) electrons. The van der Waals surface area contributed by atoms with Crippen molar-refractivity contribution >= 4 is 43.5 Å². The maximum atomic E-state index is 6.61. The Morgan fingerprint density at radius 2 is 0.902 bits per heavy atom. The van der Waals surface area contributed by atoms with E-state index in [2.05, 4.69) is 152 Å². The van der Waals surface area contributed by atoms with Crippen LogP contribution in [-0.2, 0) is 0 Å². The number of nitrogens with zero attached hydrogens (tertiary/aromatic N) is 3. The Kier molecular flexibility index (Phi) is 6.78. The average molecular weight is 652 g/mol. The SMILES string of the molecule is c1ccc(-c2ccc3cc(-c4nc(-c5cccc6ccccc56)nc(-c5cccc6oc7c(-c8ccccc8)cccc7c56)n4)ccc3c2)cc1. The molecule has 0 spiro atoms. The van der Waals surface area contributed by atoms with Crippen molar-refractivity contribution in [3.8, 4) is 56.4 Å². The number of para-hydroxylation sites is 1. The van der Waals surface area contributed by atoms with Crippen molar-refractivity contribution in [1.29, 1.82) is 0 Å². The second-order valence-electron chi connectivity index (χ2n) is 12.8. The topological polar surface area (TPSA) is 51.8 Å². The summed E-state index contributed by atoms with van der Waals surface area (Å²) in [5.41, 5.74) is 8.96. The summed E-state index contributed by atoms with van der Waals surface area (Å²) >= 11 is 0. The lowest BCUT2D eigenvalue weighted by Gasteiger charge is -2.11. The molecular weight excluding hydrogens is 623 g/mol. The zero-order valence-corrected chi connectivity index (χ0v) is 27.5. The van der Waals surface area contributed by atoms with Gasteiger partial charge in [-0.05, 0) is 56.4 Å². The summed E-state index contributed by atoms with van der Waals surface area (Å²) in [6.45, 7) is 0. The highest BCUT2D eigenvalue weighted by atomic mass is 16.3. The first kappa shape index (κ1) is 29.0. The number of hydrogen-bond acceptors (Lipinski definition) is 4. The first-order valence-corrected chi connectivity index (χ1v) is 17.1. The molecule has 238 valence electrons. The van der Waals surface area contributed by atoms with E-state index in [-0.39, 0.29) is 0 Å². The third-order valence-electron chi connectivity index (χ3n) is 9.72. The van der Waals surface area contributed by atoms with Crippen molar-refractivity contribution in [3.05, 3.63) is 176 Å². The van der Waals surface area contributed by atoms with Crippen LogP contribution in [0.5, 0.6) is 0 Å². The van der Waals surface area contributed by atoms with E-state index in [9.17, 15) is 0 Å². The number of benzene rings is 8. The van der Waals surface area contributed by atoms with Gasteiger partial charge in [-0.15, -0.1) is 0 Å². The van der Waals surface area contributed by atoms with Crippen LogP contribution in [-0.4, -0.2) is 15.0 Å². The number of hydrogen-bond donors (Lipinski definition) is 0. The van der Waals surface area contributed by atoms with E-state index in [4.69, 9.17) is 19.4 Å². The summed E-state index contributed by atoms with van der Waals surface area (Å²) in [5.74, 6) is 1.84. The molecule has 0 aliphatic rings. The van der Waals surface area contributed by atoms with Gasteiger partial charge >= 0.3 is 0 Å². The largest absolute Gasteiger partial charge is 0.455 e. The Bertz CT molecular complexity index is 2910. The quantitative estimate of drug-likeness (QED) is 0.186. The maximum absolute atomic E-state index is 6.61. The molecule has 0 saturated heterocycles. The van der Waals surface area contributed by atoms with Crippen molar-refractivity contribution in [3.63, 3.8) is 0 Å². The normalized spacial score (nSPS) is 11.5. The van der Waals surface area contributed by atoms with E-state index in [1.54, 1.807) is 0 Å². The zero-order chi connectivity index (χ0) is 33.7. The fourth-order valence-corrected chi connectivity index (χ4v) is 7.24. The van der Waals surface area contributed by atoms with Gasteiger partial charge in [-0.3, -0.25) is 0 Å². The number of fused-ring (bicyclic) bond motifs is 5. The Balaban J connectivity index is 1.19. The van der Waals surface area contributed by atoms with Crippen molar-refractivity contribution in [2.24, 2.45) is 0 Å². The molecular formula is C47H29N3O. The van der Waals surface area contributed by atoms with E-state index >= 15 is 0 Å². The Labute approximate surface area is 294 Å². The fraction of sp³-hybridized carbons (Fsp3) is 0. The minimum Gasteiger partial charge on any atom is -0.455 e. The molecule has 10 rings (SSSR count). The van der Waals surface area contributed by atoms with Crippen LogP contribution in [0.15, 0.2) is 180 Å². The molecule has 4 nitrogen and oxygen atoms in total. The van der Waals surface area contributed by atoms with Gasteiger partial charge in [-0.2, -0.15) is 0 Å². The third kappa shape index (κ3) is 5.04. The molecule has 0 aliphatic carbocycles. The van der Waals surface area contributed by atoms with E-state index in [1.165, 1.54) is 11.1 Å². The molecule has 10 aromatic rings. The summed E-state index contributed by atoms with van der Waals surface area (Å²) in [6, 6.07) is 61.0. The van der Waals surface area contributed by atoms with Gasteiger partial charge in [-0.1, -0.05) is 158 Å². The van der Waals surface area contributed by atoms with E-state index < -0.39 is 0 Å². The Hall–Kier alpha value is -6.91. The molecule has 0 atom stereocenters. The smallest absolute Gasteiger partial charge is 0.164 e. The van der Waals surface area contributed by atoms with E-state index in [1.807, 2.05) is 24.3 Å². The van der Waals surface area contributed by atoms with Crippen LogP contribution in [0.3, 0.4) is 0 Å². The van der Waals surface area contributed by atoms with Gasteiger partial charge in [0.25, 0.3) is 0 Å². The molecule has 0 fully saturated rings. The van der Waals surface area contributed by atoms with Gasteiger partial charge in [0.2, 0.25) is 0 Å². The molecule has 2 aromatic heterocycles. The predicted octanol–water partition coefficient (Wildman–Crippen LogP) is 12.4. The standard InChI is InChI=1S/C47H29N3O/c1-3-12-30(13-4-1)33-24-25-35-29-36(27-26-34(35)28-33)45-48-46(39-20-9-17-31-16-7-8-18-37(31)39)50-47(49-45)41-22-11-23-42-43(41)40-21-10-19-38(44(40)51-42)32-14-5-2-6-15-32/h1-29H. The van der Waals surface area contributed by atoms with E-state index in [0.29, 0.717) is 17.5 Å². The molecule has 2 heterocycles. The number of rotatable bonds is 5. The monoisotopic (exact) mass is 651 g/mol. The second kappa shape index (κ2) is 11.9. The molecule has 0 saturated carbocycles. The maximum Gasteiger partial charge on any atom is 0.164 e. The van der Waals surface area contributed by atoms with Gasteiger partial charge < -0.3 is 4.42 Å². The molecule has 0 bridgehead atoms. The van der Waals surface area contributed by atoms with Gasteiger partial charge in [-0.25, -0.2) is 15.0 Å². The van der Waals surface area contributed by atoms with Crippen LogP contribution < -0.4 is 0 Å². The lowest BCUT2D eigenvalue weighted by molar-refractivity contribution is 0.670. The van der Waals surface area contributed by atoms with Gasteiger partial charge in [0, 0.05) is 33.0 Å². The van der Waals surface area contributed by atoms with Crippen LogP contribution >= 0.6 is 0 Å². The molecule has 0 amide bonds. The second-order valence-corrected chi connectivity index (χ2v) is 12.8. The van der Waals surface area contributed by atoms with E-state index in [0.717, 1.165) is 71.3 Å². The molecule has 0 N–H and O–H groups in total. The van der Waals surface area contributed by atoms with Gasteiger partial charge in [0.15, 0.2) is 17.5 Å². The molecule has 8 aromatic carbocycles. The highest BCUT2D eigenvalue weighted by Crippen LogP contribution is 2.40. The van der Waals surface area contributed by atoms with Crippen LogP contribution in [0.2, 0.25) is 0 Å². The third-order valence-corrected chi connectivity index (χ3v) is 9.72. The summed E-state index contributed by atoms with van der Waals surface area (Å²) in [4.78, 5) is 15.6. The molecule has 0 aliphatic heterocycles. The van der Waals surface area contributed by atoms with Crippen LogP contribution in [0.25, 0.3) is 99.9 Å². The van der Waals surface area contributed by atoms with Crippen molar-refractivity contribution in [2.75, 3.05) is 0 Å². The summed E-state index contributed by atoms with van der Waals surface area (Å²) in [6.07, 6.45) is 0. The average Bonchev–Trinajstić information content (AvgIpc) is 3.60. The Morgan fingerprint density at radius 3 is 1.73 bits per heavy atom. The van der Waals surface area contributed by atoms with Gasteiger partial charge in [0.1, 0.15) is 11.2 Å². The highest BCUT2D eigenvalue weighted by molar-refractivity contribution is 6.15. The minimum atomic E-state index is 0.598. The predicted molar refractivity (Wildman–Crippen MR) is 209 cm³/mol. The zero-order valence-electron chi connectivity index (χ0n) is 27.5. The lowest BCUT2D eigenvalue weighted by atomic mass is 9.99. The van der Waals surface area contributed by atoms with Crippen molar-refractivity contribution in [2.45, 2.75) is 0 Å².